The largest absolute Gasteiger partial charge is 0.415 e. The predicted octanol–water partition coefficient (Wildman–Crippen LogP) is 3.06. The van der Waals surface area contributed by atoms with E-state index in [1.807, 2.05) is 18.2 Å². The van der Waals surface area contributed by atoms with Crippen molar-refractivity contribution in [1.29, 1.82) is 0 Å². The normalized spacial score (nSPS) is 10.2. The van der Waals surface area contributed by atoms with Gasteiger partial charge in [0, 0.05) is 13.1 Å². The molecule has 0 aliphatic rings. The van der Waals surface area contributed by atoms with Crippen LogP contribution in [0, 0.1) is 0 Å². The van der Waals surface area contributed by atoms with Crippen LogP contribution in [0.3, 0.4) is 0 Å². The fraction of sp³-hybridized carbons (Fsp3) is 0.533. The molecule has 0 bridgehead atoms. The molecule has 19 heavy (non-hydrogen) atoms. The van der Waals surface area contributed by atoms with Gasteiger partial charge in [-0.25, -0.2) is 4.79 Å². The predicted molar refractivity (Wildman–Crippen MR) is 75.3 cm³/mol. The summed E-state index contributed by atoms with van der Waals surface area (Å²) in [4.78, 5) is 13.5. The molecule has 0 atom stereocenters. The minimum absolute atomic E-state index is 0.0440. The summed E-state index contributed by atoms with van der Waals surface area (Å²) in [5, 5.41) is 9.00. The van der Waals surface area contributed by atoms with Crippen molar-refractivity contribution in [2.75, 3.05) is 19.7 Å². The van der Waals surface area contributed by atoms with Crippen molar-refractivity contribution in [2.24, 2.45) is 0 Å². The topological polar surface area (TPSA) is 49.8 Å². The Morgan fingerprint density at radius 2 is 1.89 bits per heavy atom. The minimum Gasteiger partial charge on any atom is -0.410 e. The summed E-state index contributed by atoms with van der Waals surface area (Å²) in [6.07, 6.45) is 3.97. The first kappa shape index (κ1) is 15.5. The van der Waals surface area contributed by atoms with Crippen LogP contribution in [0.25, 0.3) is 0 Å². The van der Waals surface area contributed by atoms with Gasteiger partial charge in [0.2, 0.25) is 0 Å². The van der Waals surface area contributed by atoms with E-state index in [0.717, 1.165) is 19.3 Å². The molecule has 0 fully saturated rings. The van der Waals surface area contributed by atoms with Crippen LogP contribution in [0.1, 0.15) is 32.6 Å². The molecule has 0 spiro atoms. The van der Waals surface area contributed by atoms with E-state index in [1.165, 1.54) is 6.42 Å². The van der Waals surface area contributed by atoms with Crippen molar-refractivity contribution in [3.8, 4) is 5.75 Å². The molecule has 0 radical (unpaired) electrons. The molecule has 1 aromatic carbocycles. The molecule has 4 nitrogen and oxygen atoms in total. The fourth-order valence-corrected chi connectivity index (χ4v) is 1.80. The van der Waals surface area contributed by atoms with Crippen LogP contribution >= 0.6 is 0 Å². The monoisotopic (exact) mass is 265 g/mol. The molecule has 0 aliphatic heterocycles. The van der Waals surface area contributed by atoms with E-state index < -0.39 is 6.09 Å². The number of benzene rings is 1. The third-order valence-corrected chi connectivity index (χ3v) is 2.86. The van der Waals surface area contributed by atoms with Gasteiger partial charge in [-0.3, -0.25) is 0 Å². The zero-order valence-electron chi connectivity index (χ0n) is 11.5. The molecule has 0 aliphatic carbocycles. The van der Waals surface area contributed by atoms with Gasteiger partial charge in [0.25, 0.3) is 0 Å². The number of hydrogen-bond donors (Lipinski definition) is 1. The number of carbonyl (C=O) groups is 1. The number of rotatable bonds is 8. The van der Waals surface area contributed by atoms with Gasteiger partial charge in [0.05, 0.1) is 6.61 Å². The van der Waals surface area contributed by atoms with Gasteiger partial charge in [-0.1, -0.05) is 44.4 Å². The van der Waals surface area contributed by atoms with E-state index in [-0.39, 0.29) is 6.61 Å². The van der Waals surface area contributed by atoms with Gasteiger partial charge in [-0.2, -0.15) is 0 Å². The molecule has 0 saturated carbocycles. The number of amides is 1. The molecular formula is C15H23NO3. The molecule has 1 amide bonds. The average Bonchev–Trinajstić information content (AvgIpc) is 2.43. The van der Waals surface area contributed by atoms with E-state index in [9.17, 15) is 4.79 Å². The Hall–Kier alpha value is -1.55. The zero-order valence-corrected chi connectivity index (χ0v) is 11.5. The molecular weight excluding hydrogens is 242 g/mol. The van der Waals surface area contributed by atoms with E-state index >= 15 is 0 Å². The number of ether oxygens (including phenoxy) is 1. The number of carbonyl (C=O) groups excluding carboxylic acids is 1. The van der Waals surface area contributed by atoms with Crippen LogP contribution in [-0.4, -0.2) is 35.8 Å². The maximum atomic E-state index is 12.0. The van der Waals surface area contributed by atoms with Gasteiger partial charge in [0.1, 0.15) is 5.75 Å². The Labute approximate surface area is 115 Å². The Balaban J connectivity index is 2.43. The quantitative estimate of drug-likeness (QED) is 0.735. The van der Waals surface area contributed by atoms with Crippen LogP contribution in [0.4, 0.5) is 4.79 Å². The maximum Gasteiger partial charge on any atom is 0.415 e. The van der Waals surface area contributed by atoms with E-state index in [2.05, 4.69) is 6.92 Å². The highest BCUT2D eigenvalue weighted by Gasteiger charge is 2.14. The standard InChI is InChI=1S/C15H23NO3/c1-2-3-4-8-11-16(12-13-17)15(18)19-14-9-6-5-7-10-14/h5-7,9-10,17H,2-4,8,11-13H2,1H3. The lowest BCUT2D eigenvalue weighted by Crippen LogP contribution is -2.36. The third kappa shape index (κ3) is 6.25. The molecule has 106 valence electrons. The molecule has 0 aromatic heterocycles. The van der Waals surface area contributed by atoms with Crippen LogP contribution in [-0.2, 0) is 0 Å². The molecule has 1 aromatic rings. The van der Waals surface area contributed by atoms with Gasteiger partial charge in [-0.05, 0) is 18.6 Å². The average molecular weight is 265 g/mol. The summed E-state index contributed by atoms with van der Waals surface area (Å²) in [7, 11) is 0. The molecule has 1 rings (SSSR count). The molecule has 0 heterocycles. The lowest BCUT2D eigenvalue weighted by atomic mass is 10.2. The Morgan fingerprint density at radius 3 is 2.53 bits per heavy atom. The highest BCUT2D eigenvalue weighted by molar-refractivity contribution is 5.70. The summed E-state index contributed by atoms with van der Waals surface area (Å²) in [6, 6.07) is 8.99. The first-order valence-electron chi connectivity index (χ1n) is 6.90. The van der Waals surface area contributed by atoms with Crippen LogP contribution in [0.15, 0.2) is 30.3 Å². The highest BCUT2D eigenvalue weighted by Crippen LogP contribution is 2.11. The van der Waals surface area contributed by atoms with Crippen LogP contribution in [0.2, 0.25) is 0 Å². The zero-order chi connectivity index (χ0) is 13.9. The maximum absolute atomic E-state index is 12.0. The summed E-state index contributed by atoms with van der Waals surface area (Å²) in [5.41, 5.74) is 0. The van der Waals surface area contributed by atoms with Crippen LogP contribution < -0.4 is 4.74 Å². The number of hydrogen-bond acceptors (Lipinski definition) is 3. The second-order valence-electron chi connectivity index (χ2n) is 4.45. The van der Waals surface area contributed by atoms with Gasteiger partial charge in [-0.15, -0.1) is 0 Å². The second kappa shape index (κ2) is 9.39. The van der Waals surface area contributed by atoms with Gasteiger partial charge in [0.15, 0.2) is 0 Å². The van der Waals surface area contributed by atoms with Gasteiger partial charge >= 0.3 is 6.09 Å². The molecule has 4 heteroatoms. The lowest BCUT2D eigenvalue weighted by Gasteiger charge is -2.20. The van der Waals surface area contributed by atoms with Crippen molar-refractivity contribution >= 4 is 6.09 Å². The van der Waals surface area contributed by atoms with Gasteiger partial charge < -0.3 is 14.7 Å². The van der Waals surface area contributed by atoms with E-state index in [0.29, 0.717) is 18.8 Å². The second-order valence-corrected chi connectivity index (χ2v) is 4.45. The van der Waals surface area contributed by atoms with Crippen molar-refractivity contribution < 1.29 is 14.6 Å². The lowest BCUT2D eigenvalue weighted by molar-refractivity contribution is 0.137. The summed E-state index contributed by atoms with van der Waals surface area (Å²) >= 11 is 0. The fourth-order valence-electron chi connectivity index (χ4n) is 1.80. The Bertz CT molecular complexity index is 354. The number of aliphatic hydroxyl groups is 1. The smallest absolute Gasteiger partial charge is 0.410 e. The summed E-state index contributed by atoms with van der Waals surface area (Å²) in [6.45, 7) is 3.05. The molecule has 1 N–H and O–H groups in total. The minimum atomic E-state index is -0.392. The third-order valence-electron chi connectivity index (χ3n) is 2.86. The highest BCUT2D eigenvalue weighted by atomic mass is 16.6. The SMILES string of the molecule is CCCCCCN(CCO)C(=O)Oc1ccccc1. The van der Waals surface area contributed by atoms with Crippen molar-refractivity contribution in [1.82, 2.24) is 4.90 Å². The van der Waals surface area contributed by atoms with Crippen molar-refractivity contribution in [2.45, 2.75) is 32.6 Å². The van der Waals surface area contributed by atoms with E-state index in [4.69, 9.17) is 9.84 Å². The number of nitrogens with zero attached hydrogens (tertiary/aromatic N) is 1. The Morgan fingerprint density at radius 1 is 1.16 bits per heavy atom. The molecule has 0 saturated heterocycles. The van der Waals surface area contributed by atoms with Crippen molar-refractivity contribution in [3.05, 3.63) is 30.3 Å². The van der Waals surface area contributed by atoms with Crippen molar-refractivity contribution in [3.63, 3.8) is 0 Å². The molecule has 0 unspecified atom stereocenters. The number of para-hydroxylation sites is 1. The summed E-state index contributed by atoms with van der Waals surface area (Å²) < 4.78 is 5.26. The van der Waals surface area contributed by atoms with E-state index in [1.54, 1.807) is 17.0 Å². The number of aliphatic hydroxyl groups excluding tert-OH is 1. The first-order chi connectivity index (χ1) is 9.27. The number of unbranched alkanes of at least 4 members (excludes halogenated alkanes) is 3. The van der Waals surface area contributed by atoms with Crippen LogP contribution in [0.5, 0.6) is 5.75 Å². The summed E-state index contributed by atoms with van der Waals surface area (Å²) in [5.74, 6) is 0.531. The Kier molecular flexibility index (Phi) is 7.66. The first-order valence-corrected chi connectivity index (χ1v) is 6.90.